The number of aromatic amines is 1. The molecule has 178 valence electrons. The van der Waals surface area contributed by atoms with Crippen LogP contribution in [-0.2, 0) is 11.2 Å². The van der Waals surface area contributed by atoms with E-state index in [1.54, 1.807) is 12.5 Å². The second-order valence-electron chi connectivity index (χ2n) is 8.89. The molecule has 2 aromatic heterocycles. The molecule has 34 heavy (non-hydrogen) atoms. The van der Waals surface area contributed by atoms with E-state index in [2.05, 4.69) is 25.2 Å². The fourth-order valence-corrected chi connectivity index (χ4v) is 4.58. The van der Waals surface area contributed by atoms with Crippen molar-refractivity contribution in [2.75, 3.05) is 37.7 Å². The molecule has 1 amide bonds. The predicted octanol–water partition coefficient (Wildman–Crippen LogP) is 2.91. The molecule has 1 atom stereocenters. The lowest BCUT2D eigenvalue weighted by Crippen LogP contribution is -2.38. The van der Waals surface area contributed by atoms with Gasteiger partial charge in [-0.15, -0.1) is 0 Å². The maximum absolute atomic E-state index is 12.6. The Bertz CT molecular complexity index is 1130. The number of nitrogens with one attached hydrogen (secondary N) is 2. The number of nitrogens with zero attached hydrogens (tertiary/aromatic N) is 4. The minimum Gasteiger partial charge on any atom is -0.486 e. The van der Waals surface area contributed by atoms with Crippen LogP contribution in [0.3, 0.4) is 0 Å². The highest BCUT2D eigenvalue weighted by molar-refractivity contribution is 5.76. The number of fused-ring (bicyclic) bond motifs is 1. The molecule has 9 nitrogen and oxygen atoms in total. The van der Waals surface area contributed by atoms with Crippen LogP contribution in [0.15, 0.2) is 36.8 Å². The third-order valence-electron chi connectivity index (χ3n) is 6.24. The maximum Gasteiger partial charge on any atom is 0.220 e. The molecule has 2 aliphatic heterocycles. The smallest absolute Gasteiger partial charge is 0.220 e. The van der Waals surface area contributed by atoms with Crippen LogP contribution in [0.25, 0.3) is 11.5 Å². The first kappa shape index (κ1) is 22.2. The number of piperidine rings is 1. The fraction of sp³-hybridized carbons (Fsp3) is 0.440. The maximum atomic E-state index is 12.6. The van der Waals surface area contributed by atoms with Crippen molar-refractivity contribution >= 4 is 11.7 Å². The molecule has 0 spiro atoms. The van der Waals surface area contributed by atoms with Gasteiger partial charge in [0.2, 0.25) is 5.91 Å². The van der Waals surface area contributed by atoms with Gasteiger partial charge in [-0.05, 0) is 49.8 Å². The Kier molecular flexibility index (Phi) is 6.60. The van der Waals surface area contributed by atoms with E-state index in [-0.39, 0.29) is 5.91 Å². The summed E-state index contributed by atoms with van der Waals surface area (Å²) in [6, 6.07) is 7.98. The van der Waals surface area contributed by atoms with Crippen molar-refractivity contribution in [3.63, 3.8) is 0 Å². The number of hydrogen-bond acceptors (Lipinski definition) is 7. The summed E-state index contributed by atoms with van der Waals surface area (Å²) >= 11 is 0. The van der Waals surface area contributed by atoms with Crippen molar-refractivity contribution in [1.82, 2.24) is 25.3 Å². The molecule has 1 fully saturated rings. The highest BCUT2D eigenvalue weighted by Crippen LogP contribution is 2.31. The zero-order chi connectivity index (χ0) is 23.3. The molecule has 0 aliphatic carbocycles. The Morgan fingerprint density at radius 2 is 2.09 bits per heavy atom. The number of benzene rings is 1. The van der Waals surface area contributed by atoms with Gasteiger partial charge in [-0.25, -0.2) is 15.0 Å². The number of ether oxygens (including phenoxy) is 2. The number of hydrogen-bond donors (Lipinski definition) is 2. The average Bonchev–Trinajstić information content (AvgIpc) is 3.39. The molecule has 2 aliphatic rings. The van der Waals surface area contributed by atoms with Gasteiger partial charge in [0.15, 0.2) is 17.3 Å². The second kappa shape index (κ2) is 10.1. The summed E-state index contributed by atoms with van der Waals surface area (Å²) in [5.74, 6) is 3.52. The van der Waals surface area contributed by atoms with E-state index < -0.39 is 0 Å². The van der Waals surface area contributed by atoms with E-state index in [1.807, 2.05) is 31.2 Å². The van der Waals surface area contributed by atoms with Gasteiger partial charge >= 0.3 is 0 Å². The van der Waals surface area contributed by atoms with Crippen LogP contribution in [0.5, 0.6) is 11.5 Å². The van der Waals surface area contributed by atoms with Crippen LogP contribution in [0.1, 0.15) is 30.5 Å². The molecule has 9 heteroatoms. The van der Waals surface area contributed by atoms with Crippen LogP contribution in [0.4, 0.5) is 5.82 Å². The first-order chi connectivity index (χ1) is 16.6. The van der Waals surface area contributed by atoms with Gasteiger partial charge in [-0.1, -0.05) is 6.07 Å². The molecule has 3 aromatic rings. The van der Waals surface area contributed by atoms with E-state index in [4.69, 9.17) is 14.5 Å². The standard InChI is InChI=1S/C25H30N6O3/c1-17-11-23(30-25(29-17)20-14-26-16-28-20)31-8-2-3-19(15-31)13-24(32)27-7-6-18-4-5-21-22(12-18)34-10-9-33-21/h4-5,11-12,14,16,19H,2-3,6-10,13,15H2,1H3,(H,26,28)(H,27,32). The van der Waals surface area contributed by atoms with Crippen LogP contribution < -0.4 is 19.7 Å². The van der Waals surface area contributed by atoms with E-state index >= 15 is 0 Å². The van der Waals surface area contributed by atoms with Crippen LogP contribution >= 0.6 is 0 Å². The Labute approximate surface area is 198 Å². The molecule has 1 aromatic carbocycles. The zero-order valence-corrected chi connectivity index (χ0v) is 19.4. The number of amides is 1. The highest BCUT2D eigenvalue weighted by atomic mass is 16.6. The average molecular weight is 463 g/mol. The van der Waals surface area contributed by atoms with E-state index in [1.165, 1.54) is 0 Å². The van der Waals surface area contributed by atoms with Crippen molar-refractivity contribution in [1.29, 1.82) is 0 Å². The summed E-state index contributed by atoms with van der Waals surface area (Å²) in [6.07, 6.45) is 6.73. The van der Waals surface area contributed by atoms with E-state index in [9.17, 15) is 4.79 Å². The van der Waals surface area contributed by atoms with Crippen molar-refractivity contribution in [2.24, 2.45) is 5.92 Å². The Balaban J connectivity index is 1.13. The lowest BCUT2D eigenvalue weighted by Gasteiger charge is -2.33. The summed E-state index contributed by atoms with van der Waals surface area (Å²) in [5.41, 5.74) is 2.84. The molecule has 1 unspecified atom stereocenters. The van der Waals surface area contributed by atoms with Crippen molar-refractivity contribution in [3.8, 4) is 23.0 Å². The number of H-pyrrole nitrogens is 1. The fourth-order valence-electron chi connectivity index (χ4n) is 4.58. The van der Waals surface area contributed by atoms with Crippen molar-refractivity contribution in [3.05, 3.63) is 48.0 Å². The van der Waals surface area contributed by atoms with E-state index in [0.717, 1.165) is 66.6 Å². The van der Waals surface area contributed by atoms with E-state index in [0.29, 0.717) is 37.9 Å². The lowest BCUT2D eigenvalue weighted by atomic mass is 9.94. The first-order valence-corrected chi connectivity index (χ1v) is 11.9. The Morgan fingerprint density at radius 3 is 2.94 bits per heavy atom. The monoisotopic (exact) mass is 462 g/mol. The summed E-state index contributed by atoms with van der Waals surface area (Å²) in [6.45, 7) is 5.48. The third-order valence-corrected chi connectivity index (χ3v) is 6.24. The number of aryl methyl sites for hydroxylation is 1. The summed E-state index contributed by atoms with van der Waals surface area (Å²) in [5, 5.41) is 3.08. The van der Waals surface area contributed by atoms with Crippen molar-refractivity contribution in [2.45, 2.75) is 32.6 Å². The predicted molar refractivity (Wildman–Crippen MR) is 128 cm³/mol. The lowest BCUT2D eigenvalue weighted by molar-refractivity contribution is -0.122. The van der Waals surface area contributed by atoms with Crippen molar-refractivity contribution < 1.29 is 14.3 Å². The van der Waals surface area contributed by atoms with Gasteiger partial charge in [0.1, 0.15) is 24.7 Å². The van der Waals surface area contributed by atoms with Crippen LogP contribution in [-0.4, -0.2) is 58.7 Å². The summed E-state index contributed by atoms with van der Waals surface area (Å²) < 4.78 is 11.2. The molecule has 4 heterocycles. The third kappa shape index (κ3) is 5.30. The molecule has 5 rings (SSSR count). The normalized spacial score (nSPS) is 17.4. The van der Waals surface area contributed by atoms with Crippen LogP contribution in [0, 0.1) is 12.8 Å². The Hall–Kier alpha value is -3.62. The minimum atomic E-state index is 0.0985. The SMILES string of the molecule is Cc1cc(N2CCCC(CC(=O)NCCc3ccc4c(c3)OCCO4)C2)nc(-c2cnc[nH]2)n1. The summed E-state index contributed by atoms with van der Waals surface area (Å²) in [4.78, 5) is 31.3. The number of rotatable bonds is 7. The second-order valence-corrected chi connectivity index (χ2v) is 8.89. The number of anilines is 1. The molecule has 0 saturated carbocycles. The molecule has 2 N–H and O–H groups in total. The van der Waals surface area contributed by atoms with Crippen LogP contribution in [0.2, 0.25) is 0 Å². The van der Waals surface area contributed by atoms with Gasteiger partial charge in [-0.3, -0.25) is 4.79 Å². The number of aromatic nitrogens is 4. The molecule has 1 saturated heterocycles. The minimum absolute atomic E-state index is 0.0985. The zero-order valence-electron chi connectivity index (χ0n) is 19.4. The first-order valence-electron chi connectivity index (χ1n) is 11.9. The molecular formula is C25H30N6O3. The topological polar surface area (TPSA) is 105 Å². The quantitative estimate of drug-likeness (QED) is 0.556. The largest absolute Gasteiger partial charge is 0.486 e. The Morgan fingerprint density at radius 1 is 1.21 bits per heavy atom. The molecule has 0 bridgehead atoms. The van der Waals surface area contributed by atoms with Gasteiger partial charge < -0.3 is 24.7 Å². The number of carbonyl (C=O) groups excluding carboxylic acids is 1. The number of imidazole rings is 1. The van der Waals surface area contributed by atoms with Gasteiger partial charge in [0, 0.05) is 37.8 Å². The highest BCUT2D eigenvalue weighted by Gasteiger charge is 2.24. The van der Waals surface area contributed by atoms with Gasteiger partial charge in [-0.2, -0.15) is 0 Å². The van der Waals surface area contributed by atoms with Gasteiger partial charge in [0.25, 0.3) is 0 Å². The molecule has 0 radical (unpaired) electrons. The van der Waals surface area contributed by atoms with Gasteiger partial charge in [0.05, 0.1) is 12.5 Å². The summed E-state index contributed by atoms with van der Waals surface area (Å²) in [7, 11) is 0. The number of carbonyl (C=O) groups is 1. The molecular weight excluding hydrogens is 432 g/mol.